The zero-order chi connectivity index (χ0) is 13.7. The van der Waals surface area contributed by atoms with Crippen LogP contribution in [0, 0.1) is 5.92 Å². The van der Waals surface area contributed by atoms with Crippen molar-refractivity contribution in [1.82, 2.24) is 15.1 Å². The zero-order valence-corrected chi connectivity index (χ0v) is 11.3. The molecule has 6 nitrogen and oxygen atoms in total. The summed E-state index contributed by atoms with van der Waals surface area (Å²) in [6.07, 6.45) is 0. The molecule has 0 saturated carbocycles. The van der Waals surface area contributed by atoms with Crippen molar-refractivity contribution >= 4 is 12.0 Å². The van der Waals surface area contributed by atoms with Crippen molar-refractivity contribution in [2.24, 2.45) is 5.92 Å². The Hall–Kier alpha value is -1.30. The molecule has 0 aliphatic carbocycles. The largest absolute Gasteiger partial charge is 0.480 e. The first-order valence-corrected chi connectivity index (χ1v) is 6.39. The van der Waals surface area contributed by atoms with Gasteiger partial charge in [-0.2, -0.15) is 0 Å². The van der Waals surface area contributed by atoms with Crippen molar-refractivity contribution < 1.29 is 14.7 Å². The Morgan fingerprint density at radius 3 is 2.17 bits per heavy atom. The SMILES string of the molecule is CC(C)C(C)NC(=O)N1CCN(CC(=O)O)CC1. The fourth-order valence-electron chi connectivity index (χ4n) is 1.75. The van der Waals surface area contributed by atoms with E-state index in [9.17, 15) is 9.59 Å². The highest BCUT2D eigenvalue weighted by atomic mass is 16.4. The highest BCUT2D eigenvalue weighted by molar-refractivity contribution is 5.74. The van der Waals surface area contributed by atoms with E-state index in [0.717, 1.165) is 0 Å². The predicted octanol–water partition coefficient (Wildman–Crippen LogP) is 0.443. The number of carbonyl (C=O) groups excluding carboxylic acids is 1. The quantitative estimate of drug-likeness (QED) is 0.766. The van der Waals surface area contributed by atoms with Crippen molar-refractivity contribution in [1.29, 1.82) is 0 Å². The summed E-state index contributed by atoms with van der Waals surface area (Å²) in [4.78, 5) is 26.1. The van der Waals surface area contributed by atoms with Gasteiger partial charge in [0.1, 0.15) is 0 Å². The Kier molecular flexibility index (Phi) is 5.40. The highest BCUT2D eigenvalue weighted by Gasteiger charge is 2.23. The predicted molar refractivity (Wildman–Crippen MR) is 68.5 cm³/mol. The van der Waals surface area contributed by atoms with E-state index in [4.69, 9.17) is 5.11 Å². The van der Waals surface area contributed by atoms with E-state index in [2.05, 4.69) is 19.2 Å². The second kappa shape index (κ2) is 6.58. The van der Waals surface area contributed by atoms with Crippen LogP contribution in [0.5, 0.6) is 0 Å². The second-order valence-electron chi connectivity index (χ2n) is 5.14. The number of hydrogen-bond donors (Lipinski definition) is 2. The Labute approximate surface area is 108 Å². The lowest BCUT2D eigenvalue weighted by atomic mass is 10.1. The molecule has 6 heteroatoms. The fourth-order valence-corrected chi connectivity index (χ4v) is 1.75. The Morgan fingerprint density at radius 1 is 1.17 bits per heavy atom. The smallest absolute Gasteiger partial charge is 0.317 e. The first-order chi connectivity index (χ1) is 8.40. The third-order valence-electron chi connectivity index (χ3n) is 3.37. The maximum Gasteiger partial charge on any atom is 0.317 e. The molecule has 104 valence electrons. The number of nitrogens with zero attached hydrogens (tertiary/aromatic N) is 2. The minimum atomic E-state index is -0.818. The molecule has 0 radical (unpaired) electrons. The summed E-state index contributed by atoms with van der Waals surface area (Å²) in [5.41, 5.74) is 0. The van der Waals surface area contributed by atoms with Crippen LogP contribution in [0.2, 0.25) is 0 Å². The maximum atomic E-state index is 11.9. The summed E-state index contributed by atoms with van der Waals surface area (Å²) in [5, 5.41) is 11.6. The van der Waals surface area contributed by atoms with Gasteiger partial charge >= 0.3 is 12.0 Å². The summed E-state index contributed by atoms with van der Waals surface area (Å²) in [5.74, 6) is -0.413. The lowest BCUT2D eigenvalue weighted by Crippen LogP contribution is -2.54. The Bertz CT molecular complexity index is 299. The van der Waals surface area contributed by atoms with Gasteiger partial charge in [-0.15, -0.1) is 0 Å². The van der Waals surface area contributed by atoms with Crippen molar-refractivity contribution in [2.45, 2.75) is 26.8 Å². The second-order valence-corrected chi connectivity index (χ2v) is 5.14. The van der Waals surface area contributed by atoms with Gasteiger partial charge in [0.2, 0.25) is 0 Å². The molecule has 0 aromatic carbocycles. The Balaban J connectivity index is 2.34. The van der Waals surface area contributed by atoms with Gasteiger partial charge < -0.3 is 15.3 Å². The van der Waals surface area contributed by atoms with Crippen LogP contribution in [0.1, 0.15) is 20.8 Å². The van der Waals surface area contributed by atoms with E-state index in [1.807, 2.05) is 11.8 Å². The van der Waals surface area contributed by atoms with Crippen LogP contribution in [-0.4, -0.2) is 65.7 Å². The molecule has 0 aromatic rings. The third kappa shape index (κ3) is 4.52. The summed E-state index contributed by atoms with van der Waals surface area (Å²) < 4.78 is 0. The molecule has 18 heavy (non-hydrogen) atoms. The van der Waals surface area contributed by atoms with Gasteiger partial charge in [-0.05, 0) is 12.8 Å². The minimum absolute atomic E-state index is 0.0498. The first kappa shape index (κ1) is 14.8. The van der Waals surface area contributed by atoms with Crippen molar-refractivity contribution in [2.75, 3.05) is 32.7 Å². The highest BCUT2D eigenvalue weighted by Crippen LogP contribution is 2.04. The van der Waals surface area contributed by atoms with Gasteiger partial charge in [0.25, 0.3) is 0 Å². The van der Waals surface area contributed by atoms with E-state index in [1.54, 1.807) is 4.90 Å². The molecular weight excluding hydrogens is 234 g/mol. The first-order valence-electron chi connectivity index (χ1n) is 6.39. The van der Waals surface area contributed by atoms with E-state index in [1.165, 1.54) is 0 Å². The fraction of sp³-hybridized carbons (Fsp3) is 0.833. The van der Waals surface area contributed by atoms with Gasteiger partial charge in [-0.1, -0.05) is 13.8 Å². The molecule has 1 atom stereocenters. The number of hydrogen-bond acceptors (Lipinski definition) is 3. The molecular formula is C12H23N3O3. The van der Waals surface area contributed by atoms with Crippen LogP contribution in [0.15, 0.2) is 0 Å². The average molecular weight is 257 g/mol. The molecule has 0 bridgehead atoms. The van der Waals surface area contributed by atoms with Crippen LogP contribution in [0.3, 0.4) is 0 Å². The number of piperazine rings is 1. The number of amides is 2. The summed E-state index contributed by atoms with van der Waals surface area (Å²) in [6.45, 7) is 8.59. The van der Waals surface area contributed by atoms with Crippen LogP contribution < -0.4 is 5.32 Å². The van der Waals surface area contributed by atoms with E-state index >= 15 is 0 Å². The standard InChI is InChI=1S/C12H23N3O3/c1-9(2)10(3)13-12(18)15-6-4-14(5-7-15)8-11(16)17/h9-10H,4-8H2,1-3H3,(H,13,18)(H,16,17). The van der Waals surface area contributed by atoms with Gasteiger partial charge in [-0.3, -0.25) is 9.69 Å². The Morgan fingerprint density at radius 2 is 1.72 bits per heavy atom. The molecule has 1 aliphatic rings. The monoisotopic (exact) mass is 257 g/mol. The average Bonchev–Trinajstić information content (AvgIpc) is 2.28. The zero-order valence-electron chi connectivity index (χ0n) is 11.3. The number of aliphatic carboxylic acids is 1. The van der Waals surface area contributed by atoms with Crippen LogP contribution >= 0.6 is 0 Å². The van der Waals surface area contributed by atoms with Gasteiger partial charge in [0.15, 0.2) is 0 Å². The van der Waals surface area contributed by atoms with Crippen LogP contribution in [0.4, 0.5) is 4.79 Å². The molecule has 0 spiro atoms. The topological polar surface area (TPSA) is 72.9 Å². The molecule has 1 aliphatic heterocycles. The number of carbonyl (C=O) groups is 2. The number of carboxylic acid groups (broad SMARTS) is 1. The van der Waals surface area contributed by atoms with Crippen molar-refractivity contribution in [3.63, 3.8) is 0 Å². The molecule has 1 rings (SSSR count). The normalized spacial score (nSPS) is 18.8. The molecule has 1 fully saturated rings. The molecule has 1 unspecified atom stereocenters. The molecule has 2 amide bonds. The van der Waals surface area contributed by atoms with Gasteiger partial charge in [-0.25, -0.2) is 4.79 Å². The van der Waals surface area contributed by atoms with Gasteiger partial charge in [0, 0.05) is 32.2 Å². The maximum absolute atomic E-state index is 11.9. The number of nitrogens with one attached hydrogen (secondary N) is 1. The summed E-state index contributed by atoms with van der Waals surface area (Å²) >= 11 is 0. The lowest BCUT2D eigenvalue weighted by Gasteiger charge is -2.34. The number of urea groups is 1. The lowest BCUT2D eigenvalue weighted by molar-refractivity contribution is -0.138. The van der Waals surface area contributed by atoms with Gasteiger partial charge in [0.05, 0.1) is 6.54 Å². The van der Waals surface area contributed by atoms with Crippen molar-refractivity contribution in [3.05, 3.63) is 0 Å². The molecule has 1 saturated heterocycles. The van der Waals surface area contributed by atoms with Crippen LogP contribution in [-0.2, 0) is 4.79 Å². The minimum Gasteiger partial charge on any atom is -0.480 e. The van der Waals surface area contributed by atoms with E-state index in [-0.39, 0.29) is 18.6 Å². The molecule has 0 aromatic heterocycles. The summed E-state index contributed by atoms with van der Waals surface area (Å²) in [6, 6.07) is 0.0979. The van der Waals surface area contributed by atoms with E-state index < -0.39 is 5.97 Å². The molecule has 1 heterocycles. The van der Waals surface area contributed by atoms with E-state index in [0.29, 0.717) is 32.1 Å². The third-order valence-corrected chi connectivity index (χ3v) is 3.37. The number of carboxylic acids is 1. The van der Waals surface area contributed by atoms with Crippen molar-refractivity contribution in [3.8, 4) is 0 Å². The summed E-state index contributed by atoms with van der Waals surface area (Å²) in [7, 11) is 0. The molecule has 2 N–H and O–H groups in total. The number of rotatable bonds is 4. The van der Waals surface area contributed by atoms with Crippen LogP contribution in [0.25, 0.3) is 0 Å².